The number of fused-ring (bicyclic) bond motifs is 1. The Kier molecular flexibility index (Phi) is 4.76. The summed E-state index contributed by atoms with van der Waals surface area (Å²) in [6.45, 7) is 0. The topological polar surface area (TPSA) is 79.7 Å². The fraction of sp³-hybridized carbons (Fsp3) is 0.238. The summed E-state index contributed by atoms with van der Waals surface area (Å²) < 4.78 is 81.6. The fourth-order valence-corrected chi connectivity index (χ4v) is 3.82. The van der Waals surface area contributed by atoms with Crippen LogP contribution < -0.4 is 4.74 Å². The van der Waals surface area contributed by atoms with Gasteiger partial charge in [0.05, 0.1) is 16.8 Å². The number of para-hydroxylation sites is 1. The monoisotopic (exact) mass is 457 g/mol. The summed E-state index contributed by atoms with van der Waals surface area (Å²) in [4.78, 5) is 15.9. The molecule has 3 aromatic rings. The van der Waals surface area contributed by atoms with Gasteiger partial charge in [0.15, 0.2) is 5.75 Å². The lowest BCUT2D eigenvalue weighted by molar-refractivity contribution is -0.274. The van der Waals surface area contributed by atoms with E-state index in [2.05, 4.69) is 9.72 Å². The number of aromatic carboxylic acids is 1. The van der Waals surface area contributed by atoms with E-state index in [1.165, 1.54) is 12.1 Å². The Bertz CT molecular complexity index is 1210. The minimum absolute atomic E-state index is 0.274. The quantitative estimate of drug-likeness (QED) is 0.496. The molecule has 2 aromatic carbocycles. The van der Waals surface area contributed by atoms with Crippen LogP contribution in [0.25, 0.3) is 10.9 Å². The lowest BCUT2D eigenvalue weighted by atomic mass is 9.89. The molecule has 0 saturated heterocycles. The van der Waals surface area contributed by atoms with Gasteiger partial charge in [0.1, 0.15) is 11.3 Å². The van der Waals surface area contributed by atoms with Crippen LogP contribution in [0, 0.1) is 0 Å². The zero-order valence-corrected chi connectivity index (χ0v) is 15.9. The molecular weight excluding hydrogens is 444 g/mol. The van der Waals surface area contributed by atoms with Crippen molar-refractivity contribution in [3.05, 3.63) is 64.8 Å². The second-order valence-corrected chi connectivity index (χ2v) is 7.34. The third-order valence-electron chi connectivity index (χ3n) is 5.35. The predicted molar refractivity (Wildman–Crippen MR) is 98.5 cm³/mol. The van der Waals surface area contributed by atoms with E-state index in [4.69, 9.17) is 0 Å². The smallest absolute Gasteiger partial charge is 0.505 e. The number of rotatable bonds is 4. The summed E-state index contributed by atoms with van der Waals surface area (Å²) in [7, 11) is 0. The Balaban J connectivity index is 1.91. The van der Waals surface area contributed by atoms with E-state index < -0.39 is 52.1 Å². The van der Waals surface area contributed by atoms with Crippen molar-refractivity contribution in [2.45, 2.75) is 30.8 Å². The molecule has 0 atom stereocenters. The maximum atomic E-state index is 13.5. The maximum Gasteiger partial charge on any atom is 0.573 e. The molecule has 168 valence electrons. The number of carboxylic acid groups (broad SMARTS) is 1. The van der Waals surface area contributed by atoms with Gasteiger partial charge in [-0.25, -0.2) is 9.78 Å². The van der Waals surface area contributed by atoms with Crippen LogP contribution in [0.15, 0.2) is 42.5 Å². The SMILES string of the molecule is O=C(O)c1c(O)c(C2(c3ccc(OC(F)(F)F)cc3)CC2)nc2c(C(F)(F)F)cccc12. The number of carbonyl (C=O) groups is 1. The molecule has 32 heavy (non-hydrogen) atoms. The summed E-state index contributed by atoms with van der Waals surface area (Å²) >= 11 is 0. The van der Waals surface area contributed by atoms with Crippen LogP contribution >= 0.6 is 0 Å². The molecule has 1 aromatic heterocycles. The van der Waals surface area contributed by atoms with Crippen molar-refractivity contribution in [3.63, 3.8) is 0 Å². The van der Waals surface area contributed by atoms with Crippen molar-refractivity contribution < 1.29 is 46.1 Å². The average Bonchev–Trinajstić information content (AvgIpc) is 3.47. The molecular formula is C21H13F6NO4. The van der Waals surface area contributed by atoms with Gasteiger partial charge in [-0.3, -0.25) is 0 Å². The average molecular weight is 457 g/mol. The molecule has 0 aliphatic heterocycles. The molecule has 1 aliphatic carbocycles. The number of alkyl halides is 6. The van der Waals surface area contributed by atoms with Crippen LogP contribution in [0.2, 0.25) is 0 Å². The van der Waals surface area contributed by atoms with E-state index in [0.29, 0.717) is 18.4 Å². The first-order chi connectivity index (χ1) is 14.8. The van der Waals surface area contributed by atoms with E-state index in [0.717, 1.165) is 30.3 Å². The van der Waals surface area contributed by atoms with Crippen molar-refractivity contribution in [2.24, 2.45) is 0 Å². The van der Waals surface area contributed by atoms with Crippen LogP contribution in [0.1, 0.15) is 40.0 Å². The number of pyridine rings is 1. The third-order valence-corrected chi connectivity index (χ3v) is 5.35. The zero-order chi connectivity index (χ0) is 23.5. The largest absolute Gasteiger partial charge is 0.573 e. The Morgan fingerprint density at radius 2 is 1.62 bits per heavy atom. The normalized spacial score (nSPS) is 15.6. The maximum absolute atomic E-state index is 13.5. The number of halogens is 6. The number of nitrogens with zero attached hydrogens (tertiary/aromatic N) is 1. The number of carboxylic acids is 1. The Morgan fingerprint density at radius 3 is 2.12 bits per heavy atom. The number of ether oxygens (including phenoxy) is 1. The van der Waals surface area contributed by atoms with Crippen LogP contribution in [-0.4, -0.2) is 27.5 Å². The number of benzene rings is 2. The van der Waals surface area contributed by atoms with E-state index in [9.17, 15) is 41.4 Å². The van der Waals surface area contributed by atoms with Crippen molar-refractivity contribution >= 4 is 16.9 Å². The number of hydrogen-bond donors (Lipinski definition) is 2. The minimum atomic E-state index is -4.90. The van der Waals surface area contributed by atoms with E-state index >= 15 is 0 Å². The van der Waals surface area contributed by atoms with Gasteiger partial charge in [0.2, 0.25) is 0 Å². The van der Waals surface area contributed by atoms with Gasteiger partial charge >= 0.3 is 18.5 Å². The second-order valence-electron chi connectivity index (χ2n) is 7.34. The third kappa shape index (κ3) is 3.67. The van der Waals surface area contributed by atoms with Gasteiger partial charge in [0, 0.05) is 10.8 Å². The van der Waals surface area contributed by atoms with Gasteiger partial charge in [-0.05, 0) is 36.6 Å². The van der Waals surface area contributed by atoms with Crippen LogP contribution in [0.5, 0.6) is 11.5 Å². The van der Waals surface area contributed by atoms with Gasteiger partial charge in [0.25, 0.3) is 0 Å². The molecule has 1 aliphatic rings. The molecule has 0 unspecified atom stereocenters. The van der Waals surface area contributed by atoms with Crippen molar-refractivity contribution in [1.82, 2.24) is 4.98 Å². The highest BCUT2D eigenvalue weighted by atomic mass is 19.4. The van der Waals surface area contributed by atoms with Gasteiger partial charge in [-0.15, -0.1) is 13.2 Å². The van der Waals surface area contributed by atoms with Crippen LogP contribution in [-0.2, 0) is 11.6 Å². The molecule has 1 heterocycles. The number of hydrogen-bond acceptors (Lipinski definition) is 4. The summed E-state index contributed by atoms with van der Waals surface area (Å²) in [5, 5.41) is 19.9. The lowest BCUT2D eigenvalue weighted by Crippen LogP contribution is -2.18. The minimum Gasteiger partial charge on any atom is -0.505 e. The van der Waals surface area contributed by atoms with E-state index in [1.54, 1.807) is 0 Å². The summed E-state index contributed by atoms with van der Waals surface area (Å²) in [5.41, 5.74) is -3.58. The molecule has 0 radical (unpaired) electrons. The first-order valence-corrected chi connectivity index (χ1v) is 9.16. The Labute approximate surface area is 175 Å². The Morgan fingerprint density at radius 1 is 1.00 bits per heavy atom. The number of aromatic nitrogens is 1. The highest BCUT2D eigenvalue weighted by molar-refractivity contribution is 6.06. The summed E-state index contributed by atoms with van der Waals surface area (Å²) in [6, 6.07) is 7.49. The molecule has 1 fully saturated rings. The standard InChI is InChI=1S/C21H13F6NO4/c22-20(23,24)13-3-1-2-12-14(18(30)31)16(29)17(28-15(12)13)19(8-9-19)10-4-6-11(7-5-10)32-21(25,26)27/h1-7,29H,8-9H2,(H,30,31). The highest BCUT2D eigenvalue weighted by Gasteiger charge is 2.50. The lowest BCUT2D eigenvalue weighted by Gasteiger charge is -2.21. The fourth-order valence-electron chi connectivity index (χ4n) is 3.82. The molecule has 11 heteroatoms. The van der Waals surface area contributed by atoms with Gasteiger partial charge in [-0.2, -0.15) is 13.2 Å². The van der Waals surface area contributed by atoms with Crippen molar-refractivity contribution in [3.8, 4) is 11.5 Å². The molecule has 2 N–H and O–H groups in total. The first-order valence-electron chi connectivity index (χ1n) is 9.16. The van der Waals surface area contributed by atoms with Gasteiger partial charge in [-0.1, -0.05) is 24.3 Å². The first kappa shape index (κ1) is 21.7. The molecule has 0 bridgehead atoms. The Hall–Kier alpha value is -3.50. The molecule has 0 spiro atoms. The van der Waals surface area contributed by atoms with Crippen LogP contribution in [0.4, 0.5) is 26.3 Å². The van der Waals surface area contributed by atoms with Crippen molar-refractivity contribution in [1.29, 1.82) is 0 Å². The second kappa shape index (κ2) is 7.01. The number of aromatic hydroxyl groups is 1. The summed E-state index contributed by atoms with van der Waals surface area (Å²) in [5.74, 6) is -2.92. The molecule has 0 amide bonds. The van der Waals surface area contributed by atoms with Crippen molar-refractivity contribution in [2.75, 3.05) is 0 Å². The highest BCUT2D eigenvalue weighted by Crippen LogP contribution is 2.56. The summed E-state index contributed by atoms with van der Waals surface area (Å²) in [6.07, 6.45) is -9.14. The van der Waals surface area contributed by atoms with Crippen LogP contribution in [0.3, 0.4) is 0 Å². The molecule has 1 saturated carbocycles. The molecule has 4 rings (SSSR count). The molecule has 5 nitrogen and oxygen atoms in total. The van der Waals surface area contributed by atoms with E-state index in [-0.39, 0.29) is 11.1 Å². The zero-order valence-electron chi connectivity index (χ0n) is 15.9. The van der Waals surface area contributed by atoms with Gasteiger partial charge < -0.3 is 14.9 Å². The predicted octanol–water partition coefficient (Wildman–Crippen LogP) is 5.64. The van der Waals surface area contributed by atoms with E-state index in [1.807, 2.05) is 0 Å².